The molecule has 0 radical (unpaired) electrons. The van der Waals surface area contributed by atoms with E-state index >= 15 is 0 Å². The van der Waals surface area contributed by atoms with Gasteiger partial charge in [-0.2, -0.15) is 0 Å². The van der Waals surface area contributed by atoms with Crippen molar-refractivity contribution in [1.29, 1.82) is 0 Å². The fourth-order valence-electron chi connectivity index (χ4n) is 3.00. The standard InChI is InChI=1S/C20H24N2O4S/c1-5-25-17(26-6-2)11-22-13(3)21-19-18(20(22)23)16(12-27-19)14-7-9-15(24-4)10-8-14/h7-10,12,17H,5-6,11H2,1-4H3. The third-order valence-electron chi connectivity index (χ3n) is 4.32. The van der Waals surface area contributed by atoms with Gasteiger partial charge in [-0.1, -0.05) is 12.1 Å². The van der Waals surface area contributed by atoms with E-state index in [2.05, 4.69) is 4.98 Å². The van der Waals surface area contributed by atoms with Crippen LogP contribution in [-0.4, -0.2) is 36.2 Å². The van der Waals surface area contributed by atoms with Crippen molar-refractivity contribution in [3.63, 3.8) is 0 Å². The molecule has 0 N–H and O–H groups in total. The number of aryl methyl sites for hydroxylation is 1. The number of fused-ring (bicyclic) bond motifs is 1. The van der Waals surface area contributed by atoms with E-state index < -0.39 is 6.29 Å². The third kappa shape index (κ3) is 4.05. The normalized spacial score (nSPS) is 11.4. The van der Waals surface area contributed by atoms with Crippen LogP contribution >= 0.6 is 11.3 Å². The van der Waals surface area contributed by atoms with Crippen molar-refractivity contribution in [3.05, 3.63) is 45.8 Å². The summed E-state index contributed by atoms with van der Waals surface area (Å²) in [5.41, 5.74) is 1.77. The molecule has 0 aliphatic heterocycles. The summed E-state index contributed by atoms with van der Waals surface area (Å²) in [6.45, 7) is 7.00. The Morgan fingerprint density at radius 2 is 1.81 bits per heavy atom. The Kier molecular flexibility index (Phi) is 6.26. The summed E-state index contributed by atoms with van der Waals surface area (Å²) >= 11 is 1.48. The molecule has 0 bridgehead atoms. The summed E-state index contributed by atoms with van der Waals surface area (Å²) in [4.78, 5) is 18.6. The van der Waals surface area contributed by atoms with Gasteiger partial charge in [0.2, 0.25) is 0 Å². The molecule has 7 heteroatoms. The highest BCUT2D eigenvalue weighted by Crippen LogP contribution is 2.32. The molecule has 0 saturated heterocycles. The van der Waals surface area contributed by atoms with Gasteiger partial charge in [0.1, 0.15) is 16.4 Å². The Hall–Kier alpha value is -2.22. The fraction of sp³-hybridized carbons (Fsp3) is 0.400. The SMILES string of the molecule is CCOC(Cn1c(C)nc2scc(-c3ccc(OC)cc3)c2c1=O)OCC. The van der Waals surface area contributed by atoms with Crippen LogP contribution in [0.25, 0.3) is 21.3 Å². The van der Waals surface area contributed by atoms with Gasteiger partial charge in [0.15, 0.2) is 6.29 Å². The second-order valence-electron chi connectivity index (χ2n) is 5.97. The zero-order valence-corrected chi connectivity index (χ0v) is 16.8. The molecule has 0 atom stereocenters. The molecular formula is C20H24N2O4S. The number of thiophene rings is 1. The molecule has 6 nitrogen and oxygen atoms in total. The topological polar surface area (TPSA) is 62.6 Å². The number of hydrogen-bond acceptors (Lipinski definition) is 6. The lowest BCUT2D eigenvalue weighted by Gasteiger charge is -2.19. The first kappa shape index (κ1) is 19.5. The molecule has 144 valence electrons. The molecule has 27 heavy (non-hydrogen) atoms. The lowest BCUT2D eigenvalue weighted by atomic mass is 10.1. The molecule has 0 aliphatic carbocycles. The number of nitrogens with zero attached hydrogens (tertiary/aromatic N) is 2. The molecule has 0 amide bonds. The average Bonchev–Trinajstić information content (AvgIpc) is 3.09. The number of hydrogen-bond donors (Lipinski definition) is 0. The second-order valence-corrected chi connectivity index (χ2v) is 6.83. The fourth-order valence-corrected chi connectivity index (χ4v) is 3.98. The van der Waals surface area contributed by atoms with Crippen LogP contribution in [0.1, 0.15) is 19.7 Å². The second kappa shape index (κ2) is 8.65. The molecule has 3 aromatic rings. The Morgan fingerprint density at radius 1 is 1.15 bits per heavy atom. The highest BCUT2D eigenvalue weighted by Gasteiger charge is 2.18. The summed E-state index contributed by atoms with van der Waals surface area (Å²) in [6.07, 6.45) is -0.473. The van der Waals surface area contributed by atoms with Crippen LogP contribution in [0, 0.1) is 6.92 Å². The molecule has 3 rings (SSSR count). The molecule has 0 fully saturated rings. The van der Waals surface area contributed by atoms with Crippen LogP contribution < -0.4 is 10.3 Å². The minimum Gasteiger partial charge on any atom is -0.497 e. The van der Waals surface area contributed by atoms with Crippen LogP contribution in [-0.2, 0) is 16.0 Å². The Labute approximate surface area is 162 Å². The van der Waals surface area contributed by atoms with Crippen molar-refractivity contribution >= 4 is 21.6 Å². The van der Waals surface area contributed by atoms with E-state index in [0.717, 1.165) is 21.7 Å². The Balaban J connectivity index is 2.07. The van der Waals surface area contributed by atoms with E-state index in [1.54, 1.807) is 11.7 Å². The predicted molar refractivity (Wildman–Crippen MR) is 108 cm³/mol. The highest BCUT2D eigenvalue weighted by molar-refractivity contribution is 7.17. The zero-order valence-electron chi connectivity index (χ0n) is 16.0. The van der Waals surface area contributed by atoms with Gasteiger partial charge in [-0.15, -0.1) is 11.3 Å². The van der Waals surface area contributed by atoms with Gasteiger partial charge in [0.25, 0.3) is 5.56 Å². The van der Waals surface area contributed by atoms with Gasteiger partial charge < -0.3 is 14.2 Å². The summed E-state index contributed by atoms with van der Waals surface area (Å²) < 4.78 is 18.1. The Morgan fingerprint density at radius 3 is 2.41 bits per heavy atom. The van der Waals surface area contributed by atoms with E-state index in [9.17, 15) is 4.79 Å². The minimum absolute atomic E-state index is 0.0750. The predicted octanol–water partition coefficient (Wildman–Crippen LogP) is 3.84. The lowest BCUT2D eigenvalue weighted by molar-refractivity contribution is -0.144. The van der Waals surface area contributed by atoms with Crippen molar-refractivity contribution in [1.82, 2.24) is 9.55 Å². The van der Waals surface area contributed by atoms with E-state index in [1.165, 1.54) is 11.3 Å². The molecule has 2 aromatic heterocycles. The summed E-state index contributed by atoms with van der Waals surface area (Å²) in [6, 6.07) is 7.68. The average molecular weight is 388 g/mol. The van der Waals surface area contributed by atoms with E-state index in [4.69, 9.17) is 14.2 Å². The third-order valence-corrected chi connectivity index (χ3v) is 5.19. The van der Waals surface area contributed by atoms with Crippen LogP contribution in [0.3, 0.4) is 0 Å². The van der Waals surface area contributed by atoms with Gasteiger partial charge in [-0.3, -0.25) is 9.36 Å². The van der Waals surface area contributed by atoms with Gasteiger partial charge in [-0.25, -0.2) is 4.98 Å². The monoisotopic (exact) mass is 388 g/mol. The molecular weight excluding hydrogens is 364 g/mol. The lowest BCUT2D eigenvalue weighted by Crippen LogP contribution is -2.32. The van der Waals surface area contributed by atoms with Crippen LogP contribution in [0.2, 0.25) is 0 Å². The van der Waals surface area contributed by atoms with Crippen LogP contribution in [0.15, 0.2) is 34.4 Å². The number of ether oxygens (including phenoxy) is 3. The summed E-state index contributed by atoms with van der Waals surface area (Å²) in [5.74, 6) is 1.43. The molecule has 2 heterocycles. The first-order chi connectivity index (χ1) is 13.1. The van der Waals surface area contributed by atoms with Gasteiger partial charge in [0, 0.05) is 24.2 Å². The summed E-state index contributed by atoms with van der Waals surface area (Å²) in [5, 5.41) is 2.61. The van der Waals surface area contributed by atoms with E-state index in [1.807, 2.05) is 50.4 Å². The maximum Gasteiger partial charge on any atom is 0.263 e. The molecule has 0 unspecified atom stereocenters. The first-order valence-corrected chi connectivity index (χ1v) is 9.83. The van der Waals surface area contributed by atoms with Crippen LogP contribution in [0.4, 0.5) is 0 Å². The summed E-state index contributed by atoms with van der Waals surface area (Å²) in [7, 11) is 1.63. The number of methoxy groups -OCH3 is 1. The largest absolute Gasteiger partial charge is 0.497 e. The smallest absolute Gasteiger partial charge is 0.263 e. The number of benzene rings is 1. The van der Waals surface area contributed by atoms with E-state index in [-0.39, 0.29) is 5.56 Å². The maximum absolute atomic E-state index is 13.3. The van der Waals surface area contributed by atoms with Crippen molar-refractivity contribution in [2.24, 2.45) is 0 Å². The molecule has 0 aliphatic rings. The molecule has 0 spiro atoms. The van der Waals surface area contributed by atoms with Crippen molar-refractivity contribution in [3.8, 4) is 16.9 Å². The van der Waals surface area contributed by atoms with Crippen LogP contribution in [0.5, 0.6) is 5.75 Å². The zero-order chi connectivity index (χ0) is 19.4. The van der Waals surface area contributed by atoms with Gasteiger partial charge in [-0.05, 0) is 38.5 Å². The quantitative estimate of drug-likeness (QED) is 0.549. The van der Waals surface area contributed by atoms with Crippen molar-refractivity contribution in [2.75, 3.05) is 20.3 Å². The number of rotatable bonds is 8. The van der Waals surface area contributed by atoms with Crippen molar-refractivity contribution in [2.45, 2.75) is 33.6 Å². The Bertz CT molecular complexity index is 957. The van der Waals surface area contributed by atoms with E-state index in [0.29, 0.717) is 31.0 Å². The minimum atomic E-state index is -0.473. The highest BCUT2D eigenvalue weighted by atomic mass is 32.1. The van der Waals surface area contributed by atoms with Gasteiger partial charge in [0.05, 0.1) is 19.0 Å². The van der Waals surface area contributed by atoms with Gasteiger partial charge >= 0.3 is 0 Å². The molecule has 1 aromatic carbocycles. The van der Waals surface area contributed by atoms with Crippen molar-refractivity contribution < 1.29 is 14.2 Å². The molecule has 0 saturated carbocycles. The number of aromatic nitrogens is 2. The first-order valence-electron chi connectivity index (χ1n) is 8.95. The maximum atomic E-state index is 13.3.